The second kappa shape index (κ2) is 6.52. The van der Waals surface area contributed by atoms with Crippen LogP contribution in [0.5, 0.6) is 0 Å². The molecule has 1 aromatic rings. The van der Waals surface area contributed by atoms with Gasteiger partial charge in [-0.05, 0) is 24.6 Å². The Bertz CT molecular complexity index is 356. The van der Waals surface area contributed by atoms with Crippen molar-refractivity contribution in [2.45, 2.75) is 26.4 Å². The molecule has 2 heterocycles. The minimum atomic E-state index is 0.913. The summed E-state index contributed by atoms with van der Waals surface area (Å²) >= 11 is 0. The van der Waals surface area contributed by atoms with Gasteiger partial charge in [-0.2, -0.15) is 0 Å². The van der Waals surface area contributed by atoms with Gasteiger partial charge in [0, 0.05) is 32.4 Å². The monoisotopic (exact) mass is 231 g/mol. The zero-order chi connectivity index (χ0) is 11.9. The molecule has 0 spiro atoms. The van der Waals surface area contributed by atoms with Crippen molar-refractivity contribution in [1.29, 1.82) is 0 Å². The third-order valence-corrected chi connectivity index (χ3v) is 2.99. The first kappa shape index (κ1) is 12.3. The quantitative estimate of drug-likeness (QED) is 0.785. The zero-order valence-corrected chi connectivity index (χ0v) is 10.5. The predicted molar refractivity (Wildman–Crippen MR) is 70.7 cm³/mol. The second-order valence-corrected chi connectivity index (χ2v) is 4.43. The van der Waals surface area contributed by atoms with Crippen molar-refractivity contribution >= 4 is 0 Å². The summed E-state index contributed by atoms with van der Waals surface area (Å²) in [5.74, 6) is 0. The zero-order valence-electron chi connectivity index (χ0n) is 10.5. The summed E-state index contributed by atoms with van der Waals surface area (Å²) in [5.41, 5.74) is 2.43. The molecular formula is C14H21N3. The van der Waals surface area contributed by atoms with Crippen molar-refractivity contribution in [3.05, 3.63) is 41.7 Å². The molecular weight excluding hydrogens is 210 g/mol. The van der Waals surface area contributed by atoms with E-state index in [4.69, 9.17) is 0 Å². The maximum atomic E-state index is 4.52. The van der Waals surface area contributed by atoms with Crippen molar-refractivity contribution in [3.8, 4) is 0 Å². The standard InChI is InChI=1S/C14H21N3/c1-2-15-10-13-6-7-14(16-11-13)12-17-8-4-3-5-9-17/h3-4,6-7,11,15H,2,5,8-10,12H2,1H3. The van der Waals surface area contributed by atoms with Crippen LogP contribution in [-0.2, 0) is 13.1 Å². The molecule has 0 aromatic carbocycles. The predicted octanol–water partition coefficient (Wildman–Crippen LogP) is 1.95. The molecule has 0 unspecified atom stereocenters. The number of rotatable bonds is 5. The number of nitrogens with one attached hydrogen (secondary N) is 1. The van der Waals surface area contributed by atoms with Gasteiger partial charge in [0.15, 0.2) is 0 Å². The van der Waals surface area contributed by atoms with E-state index in [0.29, 0.717) is 0 Å². The van der Waals surface area contributed by atoms with E-state index in [1.807, 2.05) is 6.20 Å². The Morgan fingerprint density at radius 3 is 2.94 bits per heavy atom. The van der Waals surface area contributed by atoms with Crippen LogP contribution >= 0.6 is 0 Å². The fraction of sp³-hybridized carbons (Fsp3) is 0.500. The van der Waals surface area contributed by atoms with E-state index in [0.717, 1.165) is 32.7 Å². The van der Waals surface area contributed by atoms with Gasteiger partial charge in [0.1, 0.15) is 0 Å². The van der Waals surface area contributed by atoms with E-state index >= 15 is 0 Å². The molecule has 0 aliphatic carbocycles. The molecule has 3 nitrogen and oxygen atoms in total. The molecule has 1 aliphatic heterocycles. The number of hydrogen-bond acceptors (Lipinski definition) is 3. The molecule has 0 radical (unpaired) electrons. The van der Waals surface area contributed by atoms with Crippen molar-refractivity contribution in [1.82, 2.24) is 15.2 Å². The van der Waals surface area contributed by atoms with Crippen LogP contribution < -0.4 is 5.32 Å². The molecule has 1 aromatic heterocycles. The Balaban J connectivity index is 1.86. The van der Waals surface area contributed by atoms with Crippen LogP contribution in [0.1, 0.15) is 24.6 Å². The lowest BCUT2D eigenvalue weighted by Crippen LogP contribution is -2.27. The highest BCUT2D eigenvalue weighted by Gasteiger charge is 2.07. The van der Waals surface area contributed by atoms with E-state index in [2.05, 4.69) is 46.4 Å². The molecule has 0 bridgehead atoms. The summed E-state index contributed by atoms with van der Waals surface area (Å²) in [6.07, 6.45) is 7.64. The van der Waals surface area contributed by atoms with Crippen LogP contribution in [-0.4, -0.2) is 29.5 Å². The molecule has 2 rings (SSSR count). The van der Waals surface area contributed by atoms with Gasteiger partial charge in [-0.25, -0.2) is 0 Å². The van der Waals surface area contributed by atoms with E-state index in [9.17, 15) is 0 Å². The molecule has 0 atom stereocenters. The van der Waals surface area contributed by atoms with E-state index in [1.165, 1.54) is 17.7 Å². The SMILES string of the molecule is CCNCc1ccc(CN2CC=CCC2)nc1. The smallest absolute Gasteiger partial charge is 0.0544 e. The summed E-state index contributed by atoms with van der Waals surface area (Å²) < 4.78 is 0. The van der Waals surface area contributed by atoms with Gasteiger partial charge in [0.25, 0.3) is 0 Å². The summed E-state index contributed by atoms with van der Waals surface area (Å²) in [4.78, 5) is 6.94. The Labute approximate surface area is 104 Å². The first-order chi connectivity index (χ1) is 8.38. The highest BCUT2D eigenvalue weighted by molar-refractivity contribution is 5.14. The fourth-order valence-corrected chi connectivity index (χ4v) is 1.99. The molecule has 0 amide bonds. The third-order valence-electron chi connectivity index (χ3n) is 2.99. The van der Waals surface area contributed by atoms with Crippen molar-refractivity contribution in [3.63, 3.8) is 0 Å². The third kappa shape index (κ3) is 3.95. The minimum Gasteiger partial charge on any atom is -0.313 e. The highest BCUT2D eigenvalue weighted by atomic mass is 15.1. The van der Waals surface area contributed by atoms with Crippen molar-refractivity contribution < 1.29 is 0 Å². The average molecular weight is 231 g/mol. The van der Waals surface area contributed by atoms with E-state index in [1.54, 1.807) is 0 Å². The van der Waals surface area contributed by atoms with Crippen LogP contribution in [0, 0.1) is 0 Å². The number of aromatic nitrogens is 1. The first-order valence-electron chi connectivity index (χ1n) is 6.40. The van der Waals surface area contributed by atoms with Gasteiger partial charge >= 0.3 is 0 Å². The van der Waals surface area contributed by atoms with E-state index in [-0.39, 0.29) is 0 Å². The molecule has 0 saturated carbocycles. The Hall–Kier alpha value is -1.19. The normalized spacial score (nSPS) is 16.3. The Kier molecular flexibility index (Phi) is 4.71. The van der Waals surface area contributed by atoms with Gasteiger partial charge in [-0.15, -0.1) is 0 Å². The summed E-state index contributed by atoms with van der Waals surface area (Å²) in [7, 11) is 0. The lowest BCUT2D eigenvalue weighted by Gasteiger charge is -2.22. The minimum absolute atomic E-state index is 0.913. The van der Waals surface area contributed by atoms with Crippen LogP contribution in [0.2, 0.25) is 0 Å². The van der Waals surface area contributed by atoms with Crippen LogP contribution in [0.3, 0.4) is 0 Å². The molecule has 3 heteroatoms. The lowest BCUT2D eigenvalue weighted by atomic mass is 10.2. The average Bonchev–Trinajstić information content (AvgIpc) is 2.39. The van der Waals surface area contributed by atoms with Crippen LogP contribution in [0.25, 0.3) is 0 Å². The summed E-state index contributed by atoms with van der Waals surface area (Å²) in [6.45, 7) is 7.20. The lowest BCUT2D eigenvalue weighted by molar-refractivity contribution is 0.287. The summed E-state index contributed by atoms with van der Waals surface area (Å²) in [5, 5.41) is 3.31. The van der Waals surface area contributed by atoms with Gasteiger partial charge in [-0.3, -0.25) is 9.88 Å². The largest absolute Gasteiger partial charge is 0.313 e. The molecule has 0 saturated heterocycles. The highest BCUT2D eigenvalue weighted by Crippen LogP contribution is 2.07. The van der Waals surface area contributed by atoms with Crippen molar-refractivity contribution in [2.24, 2.45) is 0 Å². The maximum absolute atomic E-state index is 4.52. The van der Waals surface area contributed by atoms with Gasteiger partial charge < -0.3 is 5.32 Å². The van der Waals surface area contributed by atoms with Crippen LogP contribution in [0.4, 0.5) is 0 Å². The molecule has 0 fully saturated rings. The molecule has 1 N–H and O–H groups in total. The molecule has 17 heavy (non-hydrogen) atoms. The van der Waals surface area contributed by atoms with Crippen molar-refractivity contribution in [2.75, 3.05) is 19.6 Å². The molecule has 92 valence electrons. The number of pyridine rings is 1. The Morgan fingerprint density at radius 1 is 1.35 bits per heavy atom. The van der Waals surface area contributed by atoms with Crippen LogP contribution in [0.15, 0.2) is 30.5 Å². The fourth-order valence-electron chi connectivity index (χ4n) is 1.99. The second-order valence-electron chi connectivity index (χ2n) is 4.43. The summed E-state index contributed by atoms with van der Waals surface area (Å²) in [6, 6.07) is 4.32. The maximum Gasteiger partial charge on any atom is 0.0544 e. The van der Waals surface area contributed by atoms with Gasteiger partial charge in [0.05, 0.1) is 5.69 Å². The number of hydrogen-bond donors (Lipinski definition) is 1. The van der Waals surface area contributed by atoms with E-state index < -0.39 is 0 Å². The number of nitrogens with zero attached hydrogens (tertiary/aromatic N) is 2. The Morgan fingerprint density at radius 2 is 2.29 bits per heavy atom. The molecule has 1 aliphatic rings. The van der Waals surface area contributed by atoms with Gasteiger partial charge in [0.2, 0.25) is 0 Å². The van der Waals surface area contributed by atoms with Gasteiger partial charge in [-0.1, -0.05) is 25.1 Å². The first-order valence-corrected chi connectivity index (χ1v) is 6.40. The topological polar surface area (TPSA) is 28.2 Å².